The molecule has 0 aliphatic carbocycles. The summed E-state index contributed by atoms with van der Waals surface area (Å²) in [4.78, 5) is 0. The van der Waals surface area contributed by atoms with E-state index in [1.165, 1.54) is 55.6 Å². The van der Waals surface area contributed by atoms with E-state index in [2.05, 4.69) is 154 Å². The minimum absolute atomic E-state index is 0.833. The second-order valence-electron chi connectivity index (χ2n) is 12.8. The third kappa shape index (κ3) is 12.8. The molecular formula is C40H54. The predicted molar refractivity (Wildman–Crippen MR) is 179 cm³/mol. The van der Waals surface area contributed by atoms with E-state index in [1.54, 1.807) is 0 Å². The van der Waals surface area contributed by atoms with Crippen LogP contribution in [0.15, 0.2) is 84.9 Å². The molecule has 0 atom stereocenters. The van der Waals surface area contributed by atoms with Gasteiger partial charge in [-0.3, -0.25) is 0 Å². The van der Waals surface area contributed by atoms with Crippen LogP contribution < -0.4 is 0 Å². The maximum atomic E-state index is 2.37. The molecule has 0 aromatic heterocycles. The van der Waals surface area contributed by atoms with E-state index in [-0.39, 0.29) is 0 Å². The highest BCUT2D eigenvalue weighted by atomic mass is 14.1. The summed E-state index contributed by atoms with van der Waals surface area (Å²) in [6, 6.07) is 31.8. The van der Waals surface area contributed by atoms with Crippen LogP contribution in [0.5, 0.6) is 0 Å². The molecule has 0 saturated carbocycles. The van der Waals surface area contributed by atoms with E-state index < -0.39 is 0 Å². The number of aryl methyl sites for hydroxylation is 6. The van der Waals surface area contributed by atoms with Crippen molar-refractivity contribution in [1.82, 2.24) is 0 Å². The lowest BCUT2D eigenvalue weighted by Gasteiger charge is -2.11. The maximum absolute atomic E-state index is 2.37. The monoisotopic (exact) mass is 534 g/mol. The van der Waals surface area contributed by atoms with Crippen molar-refractivity contribution in [3.05, 3.63) is 141 Å². The van der Waals surface area contributed by atoms with E-state index in [1.807, 2.05) is 0 Å². The van der Waals surface area contributed by atoms with Gasteiger partial charge in [-0.25, -0.2) is 0 Å². The van der Waals surface area contributed by atoms with Crippen LogP contribution in [0.2, 0.25) is 0 Å². The van der Waals surface area contributed by atoms with Gasteiger partial charge in [0.25, 0.3) is 0 Å². The van der Waals surface area contributed by atoms with Crippen molar-refractivity contribution in [2.24, 2.45) is 11.8 Å². The minimum Gasteiger partial charge on any atom is -0.0630 e. The number of rotatable bonds is 7. The topological polar surface area (TPSA) is 0 Å². The smallest absolute Gasteiger partial charge is 0.00256 e. The molecule has 0 N–H and O–H groups in total. The summed E-state index contributed by atoms with van der Waals surface area (Å²) >= 11 is 0. The molecule has 0 spiro atoms. The molecule has 0 radical (unpaired) electrons. The van der Waals surface area contributed by atoms with Crippen molar-refractivity contribution in [3.8, 4) is 0 Å². The Labute approximate surface area is 246 Å². The van der Waals surface area contributed by atoms with Gasteiger partial charge in [0.15, 0.2) is 0 Å². The van der Waals surface area contributed by atoms with Crippen LogP contribution in [0, 0.1) is 39.5 Å². The molecular weight excluding hydrogens is 480 g/mol. The summed E-state index contributed by atoms with van der Waals surface area (Å²) in [6.45, 7) is 21.8. The quantitative estimate of drug-likeness (QED) is 0.221. The molecule has 0 heteroatoms. The van der Waals surface area contributed by atoms with Gasteiger partial charge in [0.05, 0.1) is 0 Å². The van der Waals surface area contributed by atoms with E-state index >= 15 is 0 Å². The number of hydrogen-bond donors (Lipinski definition) is 0. The SMILES string of the molecule is CC(C)C.CC(C)C.Cc1ccc(Cc2ccc(CCc3ccc(Cc4ccc(C)c(C)c4)cc3C)cc2)cc1. The van der Waals surface area contributed by atoms with Crippen molar-refractivity contribution < 1.29 is 0 Å². The van der Waals surface area contributed by atoms with Crippen molar-refractivity contribution in [1.29, 1.82) is 0 Å². The van der Waals surface area contributed by atoms with Crippen LogP contribution in [-0.2, 0) is 25.7 Å². The van der Waals surface area contributed by atoms with Gasteiger partial charge in [0.2, 0.25) is 0 Å². The highest BCUT2D eigenvalue weighted by molar-refractivity contribution is 5.38. The lowest BCUT2D eigenvalue weighted by molar-refractivity contribution is 0.736. The fraction of sp³-hybridized carbons (Fsp3) is 0.400. The van der Waals surface area contributed by atoms with Crippen molar-refractivity contribution in [2.45, 2.75) is 94.9 Å². The van der Waals surface area contributed by atoms with Gasteiger partial charge in [-0.1, -0.05) is 132 Å². The van der Waals surface area contributed by atoms with Crippen LogP contribution in [0.25, 0.3) is 0 Å². The number of benzene rings is 4. The van der Waals surface area contributed by atoms with Gasteiger partial charge in [-0.05, 0) is 115 Å². The predicted octanol–water partition coefficient (Wildman–Crippen LogP) is 11.2. The normalized spacial score (nSPS) is 10.6. The van der Waals surface area contributed by atoms with Crippen LogP contribution in [0.1, 0.15) is 97.2 Å². The largest absolute Gasteiger partial charge is 0.0630 e. The summed E-state index contributed by atoms with van der Waals surface area (Å²) in [6.07, 6.45) is 4.18. The first-order valence-corrected chi connectivity index (χ1v) is 15.2. The molecule has 0 aliphatic heterocycles. The summed E-state index contributed by atoms with van der Waals surface area (Å²) in [5, 5.41) is 0. The molecule has 0 nitrogen and oxygen atoms in total. The third-order valence-corrected chi connectivity index (χ3v) is 6.62. The molecule has 4 rings (SSSR count). The van der Waals surface area contributed by atoms with Gasteiger partial charge in [-0.2, -0.15) is 0 Å². The molecule has 0 heterocycles. The summed E-state index contributed by atoms with van der Waals surface area (Å²) in [5.74, 6) is 1.67. The number of hydrogen-bond acceptors (Lipinski definition) is 0. The van der Waals surface area contributed by atoms with Gasteiger partial charge in [0.1, 0.15) is 0 Å². The third-order valence-electron chi connectivity index (χ3n) is 6.62. The molecule has 0 fully saturated rings. The fourth-order valence-electron chi connectivity index (χ4n) is 4.34. The molecule has 0 aliphatic rings. The average molecular weight is 535 g/mol. The van der Waals surface area contributed by atoms with Crippen molar-refractivity contribution in [3.63, 3.8) is 0 Å². The van der Waals surface area contributed by atoms with Crippen LogP contribution in [0.4, 0.5) is 0 Å². The average Bonchev–Trinajstić information content (AvgIpc) is 2.87. The zero-order chi connectivity index (χ0) is 29.7. The molecule has 4 aromatic rings. The van der Waals surface area contributed by atoms with Crippen LogP contribution >= 0.6 is 0 Å². The first kappa shape index (κ1) is 33.1. The van der Waals surface area contributed by atoms with Crippen LogP contribution in [-0.4, -0.2) is 0 Å². The van der Waals surface area contributed by atoms with Gasteiger partial charge in [-0.15, -0.1) is 0 Å². The first-order chi connectivity index (χ1) is 18.9. The Morgan fingerprint density at radius 2 is 0.800 bits per heavy atom. The Morgan fingerprint density at radius 1 is 0.400 bits per heavy atom. The second-order valence-corrected chi connectivity index (χ2v) is 12.8. The van der Waals surface area contributed by atoms with Crippen molar-refractivity contribution in [2.75, 3.05) is 0 Å². The molecule has 0 bridgehead atoms. The van der Waals surface area contributed by atoms with E-state index in [9.17, 15) is 0 Å². The first-order valence-electron chi connectivity index (χ1n) is 15.2. The Morgan fingerprint density at radius 3 is 1.30 bits per heavy atom. The lowest BCUT2D eigenvalue weighted by Crippen LogP contribution is -1.97. The Kier molecular flexibility index (Phi) is 13.9. The van der Waals surface area contributed by atoms with Gasteiger partial charge < -0.3 is 0 Å². The molecule has 40 heavy (non-hydrogen) atoms. The highest BCUT2D eigenvalue weighted by Crippen LogP contribution is 2.19. The highest BCUT2D eigenvalue weighted by Gasteiger charge is 2.05. The fourth-order valence-corrected chi connectivity index (χ4v) is 4.34. The second kappa shape index (κ2) is 16.9. The van der Waals surface area contributed by atoms with E-state index in [4.69, 9.17) is 0 Å². The zero-order valence-electron chi connectivity index (χ0n) is 27.1. The molecule has 0 saturated heterocycles. The molecule has 0 amide bonds. The molecule has 4 aromatic carbocycles. The van der Waals surface area contributed by atoms with E-state index in [0.29, 0.717) is 0 Å². The van der Waals surface area contributed by atoms with Crippen molar-refractivity contribution >= 4 is 0 Å². The van der Waals surface area contributed by atoms with Crippen LogP contribution in [0.3, 0.4) is 0 Å². The van der Waals surface area contributed by atoms with Gasteiger partial charge in [0, 0.05) is 0 Å². The minimum atomic E-state index is 0.833. The summed E-state index contributed by atoms with van der Waals surface area (Å²) in [5.41, 5.74) is 13.9. The Hall–Kier alpha value is -3.12. The zero-order valence-corrected chi connectivity index (χ0v) is 27.1. The summed E-state index contributed by atoms with van der Waals surface area (Å²) < 4.78 is 0. The maximum Gasteiger partial charge on any atom is -0.00256 e. The molecule has 0 unspecified atom stereocenters. The standard InChI is InChI=1S/C32H34.2C4H10/c1-23-5-8-28(9-6-23)21-29-13-11-27(12-14-29)15-17-32-18-16-31(20-26(32)4)22-30-10-7-24(2)25(3)19-30;2*1-4(2)3/h5-14,16,18-20H,15,17,21-22H2,1-4H3;2*4H,1-3H3. The van der Waals surface area contributed by atoms with E-state index in [0.717, 1.165) is 37.5 Å². The molecule has 214 valence electrons. The Balaban J connectivity index is 0.000000621. The lowest BCUT2D eigenvalue weighted by atomic mass is 9.95. The summed E-state index contributed by atoms with van der Waals surface area (Å²) in [7, 11) is 0. The Bertz CT molecular complexity index is 1260. The van der Waals surface area contributed by atoms with Gasteiger partial charge >= 0.3 is 0 Å².